The number of aromatic amines is 1. The highest BCUT2D eigenvalue weighted by Crippen LogP contribution is 2.27. The summed E-state index contributed by atoms with van der Waals surface area (Å²) in [6, 6.07) is 22.6. The fourth-order valence-corrected chi connectivity index (χ4v) is 6.26. The van der Waals surface area contributed by atoms with Gasteiger partial charge in [-0.05, 0) is 53.7 Å². The van der Waals surface area contributed by atoms with Crippen molar-refractivity contribution < 1.29 is 87.7 Å². The average Bonchev–Trinajstić information content (AvgIpc) is 3.18. The van der Waals surface area contributed by atoms with E-state index in [9.17, 15) is 69.1 Å². The molecule has 0 aliphatic carbocycles. The van der Waals surface area contributed by atoms with Crippen molar-refractivity contribution in [1.82, 2.24) is 0 Å². The Morgan fingerprint density at radius 3 is 1.34 bits per heavy atom. The molecule has 0 bridgehead atoms. The maximum atomic E-state index is 9.75. The lowest BCUT2D eigenvalue weighted by Gasteiger charge is -2.36. The summed E-state index contributed by atoms with van der Waals surface area (Å²) >= 11 is 0. The Labute approximate surface area is 363 Å². The number of benzene rings is 1. The topological polar surface area (TPSA) is 21.9 Å². The van der Waals surface area contributed by atoms with E-state index in [0.29, 0.717) is 0 Å². The van der Waals surface area contributed by atoms with Crippen molar-refractivity contribution in [2.75, 3.05) is 13.1 Å². The van der Waals surface area contributed by atoms with Crippen LogP contribution in [0.3, 0.4) is 0 Å². The van der Waals surface area contributed by atoms with Crippen LogP contribution in [0.2, 0.25) is 0 Å². The van der Waals surface area contributed by atoms with E-state index in [1.165, 1.54) is 91.3 Å². The smallest absolute Gasteiger partial charge is 0.418 e. The van der Waals surface area contributed by atoms with Gasteiger partial charge >= 0.3 is 29.0 Å². The molecule has 356 valence electrons. The predicted molar refractivity (Wildman–Crippen MR) is 221 cm³/mol. The fourth-order valence-electron chi connectivity index (χ4n) is 6.26. The Bertz CT molecular complexity index is 1840. The van der Waals surface area contributed by atoms with Gasteiger partial charge in [-0.2, -0.15) is 0 Å². The first-order chi connectivity index (χ1) is 29.7. The number of halogens is 16. The maximum Gasteiger partial charge on any atom is 0.673 e. The summed E-state index contributed by atoms with van der Waals surface area (Å²) in [6.45, 7) is 9.81. The van der Waals surface area contributed by atoms with Gasteiger partial charge < -0.3 is 69.1 Å². The van der Waals surface area contributed by atoms with E-state index in [4.69, 9.17) is 0 Å². The number of aryl methyl sites for hydroxylation is 1. The van der Waals surface area contributed by atoms with E-state index in [1.54, 1.807) is 0 Å². The molecule has 1 aliphatic heterocycles. The van der Waals surface area contributed by atoms with E-state index in [2.05, 4.69) is 132 Å². The number of hydrogen-bond acceptors (Lipinski definition) is 0. The molecular formula is C40H52B4F16N4. The number of unbranched alkanes of at least 4 members (excludes halogenated alkanes) is 6. The SMILES string of the molecule is CCCCCC[n+]1ccc(-c2cc[n+](Cc3ccc(C[N+]4(CCCCCC)C=CC(c5cc[nH+]cc5)=CC4)cc3)cc2)cc1.F[B-](F)(F)F.F[B-](F)(F)F.F[B-](F)(F)F.F[B-](F)(F)F. The number of H-pyrrole nitrogens is 1. The molecule has 0 spiro atoms. The van der Waals surface area contributed by atoms with Crippen LogP contribution >= 0.6 is 0 Å². The molecule has 4 aromatic rings. The summed E-state index contributed by atoms with van der Waals surface area (Å²) in [4.78, 5) is 3.14. The summed E-state index contributed by atoms with van der Waals surface area (Å²) in [5.74, 6) is 0. The van der Waals surface area contributed by atoms with Crippen molar-refractivity contribution in [2.45, 2.75) is 84.8 Å². The van der Waals surface area contributed by atoms with Crippen LogP contribution in [0.15, 0.2) is 116 Å². The number of allylic oxidation sites excluding steroid dienone is 2. The molecule has 4 heterocycles. The van der Waals surface area contributed by atoms with Gasteiger partial charge in [-0.25, -0.2) is 14.1 Å². The molecule has 1 unspecified atom stereocenters. The second-order valence-electron chi connectivity index (χ2n) is 14.5. The standard InChI is InChI=1S/C40H51N4.4BF4/c1-3-5-7-9-25-42-26-17-38(18-27-42)39-19-28-43(29-20-39)33-35-11-13-36(14-12-35)34-44(30-10-8-6-4-2)31-21-40(22-32-44)37-15-23-41-24-16-37;4*2-1(3,4)5/h11-24,26-29,31H,3-10,25,30,32-34H2,1-2H3;;;;/q+3;4*-1/p+1. The van der Waals surface area contributed by atoms with Crippen molar-refractivity contribution in [3.63, 3.8) is 0 Å². The van der Waals surface area contributed by atoms with Crippen molar-refractivity contribution >= 4 is 34.6 Å². The highest BCUT2D eigenvalue weighted by atomic mass is 19.5. The molecule has 1 aliphatic rings. The predicted octanol–water partition coefficient (Wildman–Crippen LogP) is 13.1. The minimum atomic E-state index is -6.00. The van der Waals surface area contributed by atoms with Crippen LogP contribution in [0.5, 0.6) is 0 Å². The Morgan fingerprint density at radius 2 is 0.922 bits per heavy atom. The summed E-state index contributed by atoms with van der Waals surface area (Å²) in [5.41, 5.74) is 7.89. The summed E-state index contributed by atoms with van der Waals surface area (Å²) in [7, 11) is -24.0. The third-order valence-electron chi connectivity index (χ3n) is 9.02. The Morgan fingerprint density at radius 1 is 0.500 bits per heavy atom. The Balaban J connectivity index is 0.000000855. The molecule has 3 aromatic heterocycles. The molecule has 4 nitrogen and oxygen atoms in total. The fraction of sp³-hybridized carbons (Fsp3) is 0.375. The van der Waals surface area contributed by atoms with Crippen LogP contribution in [-0.2, 0) is 19.6 Å². The molecular weight excluding hydrogens is 884 g/mol. The van der Waals surface area contributed by atoms with Crippen LogP contribution in [0.1, 0.15) is 81.9 Å². The zero-order valence-corrected chi connectivity index (χ0v) is 35.4. The minimum Gasteiger partial charge on any atom is -0.418 e. The van der Waals surface area contributed by atoms with Crippen molar-refractivity contribution in [3.05, 3.63) is 133 Å². The third-order valence-corrected chi connectivity index (χ3v) is 9.02. The van der Waals surface area contributed by atoms with Crippen LogP contribution in [0.4, 0.5) is 69.1 Å². The van der Waals surface area contributed by atoms with Gasteiger partial charge in [0.2, 0.25) is 0 Å². The molecule has 1 aromatic carbocycles. The number of rotatable bonds is 16. The van der Waals surface area contributed by atoms with Gasteiger partial charge in [-0.3, -0.25) is 4.48 Å². The Kier molecular flexibility index (Phi) is 25.3. The van der Waals surface area contributed by atoms with Crippen molar-refractivity contribution in [2.24, 2.45) is 0 Å². The lowest BCUT2D eigenvalue weighted by atomic mass is 10.0. The maximum absolute atomic E-state index is 9.75. The van der Waals surface area contributed by atoms with Gasteiger partial charge in [-0.15, -0.1) is 0 Å². The van der Waals surface area contributed by atoms with E-state index in [0.717, 1.165) is 30.7 Å². The first-order valence-corrected chi connectivity index (χ1v) is 20.4. The summed E-state index contributed by atoms with van der Waals surface area (Å²) in [6.07, 6.45) is 30.5. The number of pyridine rings is 3. The lowest BCUT2D eigenvalue weighted by Crippen LogP contribution is -2.44. The van der Waals surface area contributed by atoms with E-state index < -0.39 is 29.0 Å². The number of nitrogens with one attached hydrogen (secondary N) is 1. The molecule has 0 amide bonds. The lowest BCUT2D eigenvalue weighted by molar-refractivity contribution is -0.888. The molecule has 0 radical (unpaired) electrons. The van der Waals surface area contributed by atoms with Crippen LogP contribution in [-0.4, -0.2) is 46.6 Å². The minimum absolute atomic E-state index is 0.880. The Hall–Kier alpha value is -4.75. The van der Waals surface area contributed by atoms with E-state index in [1.807, 2.05) is 12.4 Å². The molecule has 24 heteroatoms. The second kappa shape index (κ2) is 28.2. The zero-order chi connectivity index (χ0) is 48.5. The highest BCUT2D eigenvalue weighted by Gasteiger charge is 2.27. The first kappa shape index (κ1) is 57.3. The molecule has 0 fully saturated rings. The number of hydrogen-bond donors (Lipinski definition) is 0. The third kappa shape index (κ3) is 32.0. The highest BCUT2D eigenvalue weighted by molar-refractivity contribution is 6.51. The van der Waals surface area contributed by atoms with Gasteiger partial charge in [0, 0.05) is 53.9 Å². The van der Waals surface area contributed by atoms with E-state index >= 15 is 0 Å². The molecule has 1 atom stereocenters. The van der Waals surface area contributed by atoms with E-state index in [-0.39, 0.29) is 0 Å². The monoisotopic (exact) mass is 936 g/mol. The quantitative estimate of drug-likeness (QED) is 0.0351. The molecule has 0 saturated carbocycles. The van der Waals surface area contributed by atoms with Gasteiger partial charge in [-0.1, -0.05) is 63.8 Å². The van der Waals surface area contributed by atoms with Crippen molar-refractivity contribution in [1.29, 1.82) is 0 Å². The molecule has 1 N–H and O–H groups in total. The van der Waals surface area contributed by atoms with Crippen LogP contribution in [0.25, 0.3) is 16.7 Å². The molecule has 64 heavy (non-hydrogen) atoms. The average molecular weight is 936 g/mol. The van der Waals surface area contributed by atoms with Crippen LogP contribution < -0.4 is 14.1 Å². The normalized spacial score (nSPS) is 14.9. The number of nitrogens with zero attached hydrogens (tertiary/aromatic N) is 3. The van der Waals surface area contributed by atoms with Gasteiger partial charge in [0.15, 0.2) is 43.7 Å². The zero-order valence-electron chi connectivity index (χ0n) is 35.4. The van der Waals surface area contributed by atoms with Crippen LogP contribution in [0, 0.1) is 0 Å². The molecule has 0 saturated heterocycles. The number of quaternary nitrogens is 1. The number of aromatic nitrogens is 3. The molecule has 5 rings (SSSR count). The summed E-state index contributed by atoms with van der Waals surface area (Å²) in [5, 5.41) is 0. The van der Waals surface area contributed by atoms with Gasteiger partial charge in [0.1, 0.15) is 19.6 Å². The largest absolute Gasteiger partial charge is 0.673 e. The second-order valence-corrected chi connectivity index (χ2v) is 14.5. The van der Waals surface area contributed by atoms with Gasteiger partial charge in [0.05, 0.1) is 12.7 Å². The van der Waals surface area contributed by atoms with Crippen molar-refractivity contribution in [3.8, 4) is 11.1 Å². The van der Waals surface area contributed by atoms with Gasteiger partial charge in [0.25, 0.3) is 0 Å². The summed E-state index contributed by atoms with van der Waals surface area (Å²) < 4.78 is 162. The first-order valence-electron chi connectivity index (χ1n) is 20.4.